The molecule has 3 atom stereocenters. The molecule has 4 bridgehead atoms. The van der Waals surface area contributed by atoms with Gasteiger partial charge in [-0.1, -0.05) is 74.7 Å². The molecule has 5 N–H and O–H groups in total. The summed E-state index contributed by atoms with van der Waals surface area (Å²) in [5.41, 5.74) is 11.8. The van der Waals surface area contributed by atoms with Gasteiger partial charge in [-0.15, -0.1) is 0 Å². The third-order valence-corrected chi connectivity index (χ3v) is 10.8. The molecule has 3 aliphatic heterocycles. The molecule has 0 radical (unpaired) electrons. The highest BCUT2D eigenvalue weighted by Gasteiger charge is 2.37. The van der Waals surface area contributed by atoms with Gasteiger partial charge in [-0.05, 0) is 85.1 Å². The number of nitrogens with two attached hydrogens (primary N) is 1. The Morgan fingerprint density at radius 3 is 2.64 bits per heavy atom. The summed E-state index contributed by atoms with van der Waals surface area (Å²) in [5.74, 6) is 1.42. The smallest absolute Gasteiger partial charge is 0.161 e. The summed E-state index contributed by atoms with van der Waals surface area (Å²) in [6, 6.07) is 20.9. The van der Waals surface area contributed by atoms with Crippen LogP contribution in [-0.4, -0.2) is 53.0 Å². The van der Waals surface area contributed by atoms with Crippen LogP contribution >= 0.6 is 0 Å². The number of aliphatic hydroxyl groups is 1. The van der Waals surface area contributed by atoms with Gasteiger partial charge in [-0.2, -0.15) is 0 Å². The van der Waals surface area contributed by atoms with Gasteiger partial charge in [0.25, 0.3) is 0 Å². The summed E-state index contributed by atoms with van der Waals surface area (Å²) in [5, 5.41) is 27.7. The van der Waals surface area contributed by atoms with Crippen LogP contribution in [0.3, 0.4) is 0 Å². The lowest BCUT2D eigenvalue weighted by atomic mass is 9.68. The van der Waals surface area contributed by atoms with E-state index >= 15 is 0 Å². The Labute approximate surface area is 295 Å². The monoisotopic (exact) mass is 677 g/mol. The lowest BCUT2D eigenvalue weighted by molar-refractivity contribution is 0.0171. The van der Waals surface area contributed by atoms with Crippen molar-refractivity contribution in [2.24, 2.45) is 5.73 Å². The van der Waals surface area contributed by atoms with Crippen molar-refractivity contribution >= 4 is 16.6 Å². The first-order valence-corrected chi connectivity index (χ1v) is 18.4. The molecule has 264 valence electrons. The van der Waals surface area contributed by atoms with Crippen LogP contribution in [-0.2, 0) is 27.9 Å². The standard InChI is InChI=1S/C42H51N3O5/c1-2-3-5-10-36-24-35(46)14-11-29-12-15-38(47)39(21-29)50-28-32-23-34(42(17-19-48-20-18-42)33-8-6-4-7-9-33)22-31-25-45(26-37(31)32)41-30(27-49-36)13-16-40(43)44-41/h4,6-9,12-13,15-16,21-23,25-26,35-36,40,44,46-47H,2-3,5,10-11,14,17-20,24,27-28,43H2,1H3/t35-,36+,40?/m1/s1. The molecule has 3 aromatic carbocycles. The van der Waals surface area contributed by atoms with E-state index < -0.39 is 6.10 Å². The number of aromatic nitrogens is 1. The first kappa shape index (κ1) is 34.4. The van der Waals surface area contributed by atoms with Crippen LogP contribution in [0, 0.1) is 0 Å². The van der Waals surface area contributed by atoms with Crippen LogP contribution in [0.15, 0.2) is 90.8 Å². The normalized spacial score (nSPS) is 22.7. The highest BCUT2D eigenvalue weighted by atomic mass is 16.5. The first-order chi connectivity index (χ1) is 24.4. The van der Waals surface area contributed by atoms with Crippen LogP contribution < -0.4 is 15.8 Å². The average molecular weight is 678 g/mol. The SMILES string of the molecule is CCCCC[C@H]1C[C@H](O)CCc2ccc(O)c(c2)OCc2cc(C3(c4ccccc4)CCOCC3)cc3cn(cc23)C2=C(C=CC(N)N2)CO1. The molecule has 8 nitrogen and oxygen atoms in total. The van der Waals surface area contributed by atoms with Crippen LogP contribution in [0.25, 0.3) is 16.6 Å². The highest BCUT2D eigenvalue weighted by Crippen LogP contribution is 2.43. The second-order valence-corrected chi connectivity index (χ2v) is 14.2. The molecule has 1 saturated heterocycles. The molecule has 4 heterocycles. The Balaban J connectivity index is 1.35. The number of aliphatic hydroxyl groups excluding tert-OH is 1. The number of aromatic hydroxyl groups is 1. The maximum absolute atomic E-state index is 11.1. The van der Waals surface area contributed by atoms with Crippen molar-refractivity contribution < 1.29 is 24.4 Å². The van der Waals surface area contributed by atoms with Crippen molar-refractivity contribution in [1.82, 2.24) is 9.88 Å². The summed E-state index contributed by atoms with van der Waals surface area (Å²) in [6.45, 7) is 4.27. The molecule has 1 fully saturated rings. The number of rotatable bonds is 6. The zero-order chi connectivity index (χ0) is 34.5. The minimum Gasteiger partial charge on any atom is -0.504 e. The van der Waals surface area contributed by atoms with Gasteiger partial charge >= 0.3 is 0 Å². The van der Waals surface area contributed by atoms with E-state index in [4.69, 9.17) is 19.9 Å². The molecule has 0 amide bonds. The Morgan fingerprint density at radius 2 is 1.82 bits per heavy atom. The minimum atomic E-state index is -0.509. The fourth-order valence-corrected chi connectivity index (χ4v) is 7.87. The number of benzene rings is 3. The summed E-state index contributed by atoms with van der Waals surface area (Å²) >= 11 is 0. The first-order valence-electron chi connectivity index (χ1n) is 18.4. The van der Waals surface area contributed by atoms with Gasteiger partial charge < -0.3 is 40.0 Å². The van der Waals surface area contributed by atoms with Crippen LogP contribution in [0.2, 0.25) is 0 Å². The van der Waals surface area contributed by atoms with Crippen molar-refractivity contribution in [2.45, 2.75) is 95.1 Å². The summed E-state index contributed by atoms with van der Waals surface area (Å²) < 4.78 is 21.1. The lowest BCUT2D eigenvalue weighted by Gasteiger charge is -2.39. The zero-order valence-electron chi connectivity index (χ0n) is 29.2. The number of hydrogen-bond acceptors (Lipinski definition) is 7. The molecule has 1 aromatic heterocycles. The molecule has 0 aliphatic carbocycles. The number of phenols is 1. The third kappa shape index (κ3) is 7.49. The number of phenolic OH excluding ortho intramolecular Hbond substituents is 1. The number of ether oxygens (including phenoxy) is 3. The van der Waals surface area contributed by atoms with Crippen molar-refractivity contribution in [1.29, 1.82) is 0 Å². The van der Waals surface area contributed by atoms with E-state index in [1.165, 1.54) is 11.1 Å². The number of dihydropyridines is 1. The highest BCUT2D eigenvalue weighted by molar-refractivity contribution is 5.88. The number of nitrogens with zero attached hydrogens (tertiary/aromatic N) is 1. The van der Waals surface area contributed by atoms with Crippen LogP contribution in [0.5, 0.6) is 11.5 Å². The van der Waals surface area contributed by atoms with Crippen molar-refractivity contribution in [3.05, 3.63) is 113 Å². The molecule has 0 spiro atoms. The van der Waals surface area contributed by atoms with E-state index in [-0.39, 0.29) is 30.0 Å². The molecular formula is C42H51N3O5. The van der Waals surface area contributed by atoms with Gasteiger partial charge in [-0.25, -0.2) is 0 Å². The fourth-order valence-electron chi connectivity index (χ4n) is 7.87. The Morgan fingerprint density at radius 1 is 0.980 bits per heavy atom. The van der Waals surface area contributed by atoms with Crippen molar-refractivity contribution in [2.75, 3.05) is 19.8 Å². The molecule has 4 aromatic rings. The van der Waals surface area contributed by atoms with Gasteiger partial charge in [0.1, 0.15) is 12.4 Å². The zero-order valence-corrected chi connectivity index (χ0v) is 29.2. The summed E-state index contributed by atoms with van der Waals surface area (Å²) in [7, 11) is 0. The molecule has 50 heavy (non-hydrogen) atoms. The topological polar surface area (TPSA) is 111 Å². The molecule has 1 unspecified atom stereocenters. The number of hydrogen-bond donors (Lipinski definition) is 4. The summed E-state index contributed by atoms with van der Waals surface area (Å²) in [6.07, 6.45) is 15.2. The predicted octanol–water partition coefficient (Wildman–Crippen LogP) is 7.30. The van der Waals surface area contributed by atoms with E-state index in [1.807, 2.05) is 18.2 Å². The predicted molar refractivity (Wildman–Crippen MR) is 198 cm³/mol. The maximum atomic E-state index is 11.1. The van der Waals surface area contributed by atoms with E-state index in [0.29, 0.717) is 44.8 Å². The van der Waals surface area contributed by atoms with E-state index in [9.17, 15) is 10.2 Å². The second kappa shape index (κ2) is 15.4. The Kier molecular flexibility index (Phi) is 10.6. The number of aryl methyl sites for hydroxylation is 1. The number of fused-ring (bicyclic) bond motifs is 4. The van der Waals surface area contributed by atoms with E-state index in [0.717, 1.165) is 71.8 Å². The molecule has 0 saturated carbocycles. The lowest BCUT2D eigenvalue weighted by Crippen LogP contribution is -2.38. The van der Waals surface area contributed by atoms with E-state index in [1.54, 1.807) is 6.07 Å². The molecule has 7 rings (SSSR count). The van der Waals surface area contributed by atoms with E-state index in [2.05, 4.69) is 77.7 Å². The van der Waals surface area contributed by atoms with Crippen LogP contribution in [0.4, 0.5) is 0 Å². The van der Waals surface area contributed by atoms with Gasteiger partial charge in [-0.3, -0.25) is 0 Å². The van der Waals surface area contributed by atoms with Gasteiger partial charge in [0.2, 0.25) is 0 Å². The average Bonchev–Trinajstić information content (AvgIpc) is 3.58. The minimum absolute atomic E-state index is 0.0709. The van der Waals surface area contributed by atoms with Gasteiger partial charge in [0.05, 0.1) is 25.0 Å². The Hall–Kier alpha value is -4.08. The quantitative estimate of drug-likeness (QED) is 0.159. The second-order valence-electron chi connectivity index (χ2n) is 14.2. The van der Waals surface area contributed by atoms with Gasteiger partial charge in [0.15, 0.2) is 11.5 Å². The number of unbranched alkanes of at least 4 members (excludes halogenated alkanes) is 2. The largest absolute Gasteiger partial charge is 0.504 e. The maximum Gasteiger partial charge on any atom is 0.161 e. The molecule has 8 heteroatoms. The molecule has 3 aliphatic rings. The summed E-state index contributed by atoms with van der Waals surface area (Å²) in [4.78, 5) is 0. The van der Waals surface area contributed by atoms with Crippen molar-refractivity contribution in [3.63, 3.8) is 0 Å². The molecular weight excluding hydrogens is 626 g/mol. The Bertz CT molecular complexity index is 1820. The van der Waals surface area contributed by atoms with Gasteiger partial charge in [0, 0.05) is 47.4 Å². The fraction of sp³-hybridized carbons (Fsp3) is 0.429. The third-order valence-electron chi connectivity index (χ3n) is 10.8. The van der Waals surface area contributed by atoms with Crippen LogP contribution in [0.1, 0.15) is 80.5 Å². The van der Waals surface area contributed by atoms with Crippen molar-refractivity contribution in [3.8, 4) is 11.5 Å². The number of nitrogens with one attached hydrogen (secondary N) is 1.